The van der Waals surface area contributed by atoms with Crippen molar-refractivity contribution < 1.29 is 22.4 Å². The Balaban J connectivity index is 1.74. The molecule has 8 heteroatoms. The standard InChI is InChI=1S/C17H20N2O5S/c1-12-9-19(10-13(2)24-12)25(21,22)16-5-3-15(4-6-16)18-17(20)14-7-8-23-11-14/h3-8,11-13H,9-10H2,1-2H3,(H,18,20)/t12-,13-/m1/s1. The highest BCUT2D eigenvalue weighted by molar-refractivity contribution is 7.89. The summed E-state index contributed by atoms with van der Waals surface area (Å²) >= 11 is 0. The van der Waals surface area contributed by atoms with E-state index in [9.17, 15) is 13.2 Å². The zero-order valence-electron chi connectivity index (χ0n) is 14.0. The Hall–Kier alpha value is -2.16. The molecule has 1 saturated heterocycles. The predicted octanol–water partition coefficient (Wildman–Crippen LogP) is 2.33. The third-order valence-electron chi connectivity index (χ3n) is 3.92. The van der Waals surface area contributed by atoms with E-state index in [1.807, 2.05) is 13.8 Å². The number of hydrogen-bond acceptors (Lipinski definition) is 5. The number of morpholine rings is 1. The number of ether oxygens (including phenoxy) is 1. The van der Waals surface area contributed by atoms with E-state index in [4.69, 9.17) is 9.15 Å². The maximum absolute atomic E-state index is 12.8. The molecule has 134 valence electrons. The molecule has 0 bridgehead atoms. The molecule has 2 aromatic rings. The van der Waals surface area contributed by atoms with Gasteiger partial charge in [0, 0.05) is 18.8 Å². The Labute approximate surface area is 146 Å². The van der Waals surface area contributed by atoms with Gasteiger partial charge < -0.3 is 14.5 Å². The summed E-state index contributed by atoms with van der Waals surface area (Å²) in [4.78, 5) is 12.2. The second kappa shape index (κ2) is 6.99. The Morgan fingerprint density at radius 2 is 1.76 bits per heavy atom. The van der Waals surface area contributed by atoms with Crippen LogP contribution < -0.4 is 5.32 Å². The average molecular weight is 364 g/mol. The number of carbonyl (C=O) groups is 1. The van der Waals surface area contributed by atoms with Gasteiger partial charge in [-0.3, -0.25) is 4.79 Å². The highest BCUT2D eigenvalue weighted by Gasteiger charge is 2.32. The van der Waals surface area contributed by atoms with Crippen LogP contribution in [0.1, 0.15) is 24.2 Å². The summed E-state index contributed by atoms with van der Waals surface area (Å²) in [5.74, 6) is -0.319. The molecule has 0 unspecified atom stereocenters. The SMILES string of the molecule is C[C@@H]1CN(S(=O)(=O)c2ccc(NC(=O)c3ccoc3)cc2)C[C@@H](C)O1. The Kier molecular flexibility index (Phi) is 4.94. The number of anilines is 1. The summed E-state index contributed by atoms with van der Waals surface area (Å²) in [6, 6.07) is 7.67. The fourth-order valence-electron chi connectivity index (χ4n) is 2.78. The zero-order valence-corrected chi connectivity index (χ0v) is 14.8. The average Bonchev–Trinajstić information content (AvgIpc) is 3.09. The molecule has 1 aliphatic heterocycles. The van der Waals surface area contributed by atoms with E-state index in [1.165, 1.54) is 29.0 Å². The van der Waals surface area contributed by atoms with Gasteiger partial charge in [0.2, 0.25) is 10.0 Å². The molecule has 1 aromatic heterocycles. The summed E-state index contributed by atoms with van der Waals surface area (Å²) in [5, 5.41) is 2.69. The first-order valence-electron chi connectivity index (χ1n) is 7.95. The molecule has 7 nitrogen and oxygen atoms in total. The van der Waals surface area contributed by atoms with Gasteiger partial charge in [0.25, 0.3) is 5.91 Å². The maximum atomic E-state index is 12.8. The molecule has 0 saturated carbocycles. The number of rotatable bonds is 4. The number of furan rings is 1. The van der Waals surface area contributed by atoms with Crippen LogP contribution in [0.4, 0.5) is 5.69 Å². The van der Waals surface area contributed by atoms with E-state index in [0.29, 0.717) is 24.3 Å². The van der Waals surface area contributed by atoms with Crippen molar-refractivity contribution in [1.82, 2.24) is 4.31 Å². The minimum Gasteiger partial charge on any atom is -0.472 e. The van der Waals surface area contributed by atoms with E-state index in [1.54, 1.807) is 18.2 Å². The van der Waals surface area contributed by atoms with Crippen molar-refractivity contribution >= 4 is 21.6 Å². The molecule has 0 radical (unpaired) electrons. The third kappa shape index (κ3) is 3.92. The molecule has 1 N–H and O–H groups in total. The monoisotopic (exact) mass is 364 g/mol. The molecule has 1 aromatic carbocycles. The molecule has 2 heterocycles. The molecule has 25 heavy (non-hydrogen) atoms. The van der Waals surface area contributed by atoms with Crippen LogP contribution in [-0.4, -0.2) is 43.9 Å². The number of amides is 1. The van der Waals surface area contributed by atoms with E-state index < -0.39 is 10.0 Å². The van der Waals surface area contributed by atoms with Crippen LogP contribution in [0.5, 0.6) is 0 Å². The smallest absolute Gasteiger partial charge is 0.258 e. The van der Waals surface area contributed by atoms with Crippen molar-refractivity contribution in [3.8, 4) is 0 Å². The van der Waals surface area contributed by atoms with Crippen LogP contribution in [0.25, 0.3) is 0 Å². The Morgan fingerprint density at radius 3 is 2.32 bits per heavy atom. The zero-order chi connectivity index (χ0) is 18.0. The lowest BCUT2D eigenvalue weighted by Gasteiger charge is -2.34. The lowest BCUT2D eigenvalue weighted by atomic mass is 10.3. The molecule has 0 spiro atoms. The van der Waals surface area contributed by atoms with Gasteiger partial charge in [-0.2, -0.15) is 4.31 Å². The van der Waals surface area contributed by atoms with Gasteiger partial charge >= 0.3 is 0 Å². The predicted molar refractivity (Wildman–Crippen MR) is 91.9 cm³/mol. The number of nitrogens with zero attached hydrogens (tertiary/aromatic N) is 1. The first kappa shape index (κ1) is 17.7. The minimum atomic E-state index is -3.59. The van der Waals surface area contributed by atoms with Crippen LogP contribution in [0.3, 0.4) is 0 Å². The molecular weight excluding hydrogens is 344 g/mol. The number of hydrogen-bond donors (Lipinski definition) is 1. The summed E-state index contributed by atoms with van der Waals surface area (Å²) < 4.78 is 37.4. The van der Waals surface area contributed by atoms with E-state index in [-0.39, 0.29) is 23.0 Å². The van der Waals surface area contributed by atoms with Gasteiger partial charge in [0.1, 0.15) is 6.26 Å². The summed E-state index contributed by atoms with van der Waals surface area (Å²) in [5.41, 5.74) is 0.904. The van der Waals surface area contributed by atoms with Crippen molar-refractivity contribution in [1.29, 1.82) is 0 Å². The minimum absolute atomic E-state index is 0.146. The number of carbonyl (C=O) groups excluding carboxylic acids is 1. The second-order valence-corrected chi connectivity index (χ2v) is 8.01. The quantitative estimate of drug-likeness (QED) is 0.899. The lowest BCUT2D eigenvalue weighted by Crippen LogP contribution is -2.48. The second-order valence-electron chi connectivity index (χ2n) is 6.07. The molecular formula is C17H20N2O5S. The molecule has 2 atom stereocenters. The third-order valence-corrected chi connectivity index (χ3v) is 5.77. The largest absolute Gasteiger partial charge is 0.472 e. The number of nitrogens with one attached hydrogen (secondary N) is 1. The summed E-state index contributed by atoms with van der Waals surface area (Å²) in [6.07, 6.45) is 2.46. The van der Waals surface area contributed by atoms with Crippen LogP contribution >= 0.6 is 0 Å². The van der Waals surface area contributed by atoms with Crippen LogP contribution in [0, 0.1) is 0 Å². The highest BCUT2D eigenvalue weighted by atomic mass is 32.2. The van der Waals surface area contributed by atoms with E-state index in [2.05, 4.69) is 5.32 Å². The number of benzene rings is 1. The topological polar surface area (TPSA) is 88.9 Å². The number of sulfonamides is 1. The van der Waals surface area contributed by atoms with E-state index >= 15 is 0 Å². The first-order valence-corrected chi connectivity index (χ1v) is 9.39. The first-order chi connectivity index (χ1) is 11.9. The van der Waals surface area contributed by atoms with Crippen molar-refractivity contribution in [3.63, 3.8) is 0 Å². The van der Waals surface area contributed by atoms with Crippen LogP contribution in [0.15, 0.2) is 52.2 Å². The van der Waals surface area contributed by atoms with Gasteiger partial charge in [0.15, 0.2) is 0 Å². The Morgan fingerprint density at radius 1 is 1.12 bits per heavy atom. The van der Waals surface area contributed by atoms with Crippen molar-refractivity contribution in [2.45, 2.75) is 31.0 Å². The molecule has 1 aliphatic rings. The fourth-order valence-corrected chi connectivity index (χ4v) is 4.37. The van der Waals surface area contributed by atoms with Crippen molar-refractivity contribution in [2.24, 2.45) is 0 Å². The molecule has 1 fully saturated rings. The molecule has 1 amide bonds. The van der Waals surface area contributed by atoms with Gasteiger partial charge in [-0.25, -0.2) is 8.42 Å². The highest BCUT2D eigenvalue weighted by Crippen LogP contribution is 2.22. The van der Waals surface area contributed by atoms with Crippen molar-refractivity contribution in [2.75, 3.05) is 18.4 Å². The normalized spacial score (nSPS) is 21.8. The van der Waals surface area contributed by atoms with Crippen molar-refractivity contribution in [3.05, 3.63) is 48.4 Å². The summed E-state index contributed by atoms with van der Waals surface area (Å²) in [7, 11) is -3.59. The fraction of sp³-hybridized carbons (Fsp3) is 0.353. The van der Waals surface area contributed by atoms with Gasteiger partial charge in [-0.1, -0.05) is 0 Å². The van der Waals surface area contributed by atoms with Gasteiger partial charge in [0.05, 0.1) is 28.9 Å². The summed E-state index contributed by atoms with van der Waals surface area (Å²) in [6.45, 7) is 4.36. The van der Waals surface area contributed by atoms with Gasteiger partial charge in [-0.15, -0.1) is 0 Å². The molecule has 0 aliphatic carbocycles. The molecule has 3 rings (SSSR count). The van der Waals surface area contributed by atoms with E-state index in [0.717, 1.165) is 0 Å². The van der Waals surface area contributed by atoms with Crippen LogP contribution in [0.2, 0.25) is 0 Å². The van der Waals surface area contributed by atoms with Gasteiger partial charge in [-0.05, 0) is 44.2 Å². The lowest BCUT2D eigenvalue weighted by molar-refractivity contribution is -0.0440. The Bertz CT molecular complexity index is 820. The maximum Gasteiger partial charge on any atom is 0.258 e. The van der Waals surface area contributed by atoms with Crippen LogP contribution in [-0.2, 0) is 14.8 Å².